The summed E-state index contributed by atoms with van der Waals surface area (Å²) in [6.07, 6.45) is 2.02. The molecule has 1 amide bonds. The Kier molecular flexibility index (Phi) is 3.49. The zero-order valence-corrected chi connectivity index (χ0v) is 10.3. The van der Waals surface area contributed by atoms with Crippen molar-refractivity contribution in [2.24, 2.45) is 0 Å². The Hall–Kier alpha value is -1.02. The van der Waals surface area contributed by atoms with Gasteiger partial charge in [-0.2, -0.15) is 0 Å². The number of benzene rings is 1. The van der Waals surface area contributed by atoms with Crippen LogP contribution >= 0.6 is 11.6 Å². The Bertz CT molecular complexity index is 403. The number of alkyl halides is 1. The maximum Gasteiger partial charge on any atom is 0.237 e. The first kappa shape index (κ1) is 11.5. The maximum absolute atomic E-state index is 11.5. The lowest BCUT2D eigenvalue weighted by atomic mass is 9.96. The molecular formula is C13H16ClNO. The number of hydrogen-bond donors (Lipinski definition) is 0. The monoisotopic (exact) mass is 237 g/mol. The van der Waals surface area contributed by atoms with Crippen molar-refractivity contribution < 1.29 is 4.79 Å². The highest BCUT2D eigenvalue weighted by atomic mass is 35.5. The van der Waals surface area contributed by atoms with E-state index in [-0.39, 0.29) is 11.8 Å². The predicted octanol–water partition coefficient (Wildman–Crippen LogP) is 2.37. The summed E-state index contributed by atoms with van der Waals surface area (Å²) in [7, 11) is 0. The van der Waals surface area contributed by atoms with Crippen molar-refractivity contribution in [3.63, 3.8) is 0 Å². The van der Waals surface area contributed by atoms with E-state index in [1.54, 1.807) is 0 Å². The number of hydrogen-bond acceptors (Lipinski definition) is 1. The summed E-state index contributed by atoms with van der Waals surface area (Å²) in [6.45, 7) is 3.67. The molecule has 0 N–H and O–H groups in total. The minimum atomic E-state index is 0.0342. The molecular weight excluding hydrogens is 222 g/mol. The van der Waals surface area contributed by atoms with E-state index in [1.807, 2.05) is 4.90 Å². The number of halogens is 1. The molecule has 1 aliphatic heterocycles. The minimum absolute atomic E-state index is 0.0342. The summed E-state index contributed by atoms with van der Waals surface area (Å²) in [6, 6.07) is 6.55. The SMILES string of the molecule is CCc1ccc2c(c1)CCN(C(=O)CCl)C2. The number of carbonyl (C=O) groups excluding carboxylic acids is 1. The molecule has 1 aliphatic rings. The summed E-state index contributed by atoms with van der Waals surface area (Å²) < 4.78 is 0. The van der Waals surface area contributed by atoms with E-state index in [2.05, 4.69) is 25.1 Å². The van der Waals surface area contributed by atoms with Gasteiger partial charge >= 0.3 is 0 Å². The van der Waals surface area contributed by atoms with Gasteiger partial charge in [-0.15, -0.1) is 11.6 Å². The van der Waals surface area contributed by atoms with Gasteiger partial charge < -0.3 is 4.90 Å². The van der Waals surface area contributed by atoms with Crippen molar-refractivity contribution in [3.05, 3.63) is 34.9 Å². The minimum Gasteiger partial charge on any atom is -0.337 e. The Morgan fingerprint density at radius 2 is 2.25 bits per heavy atom. The fraction of sp³-hybridized carbons (Fsp3) is 0.462. The second kappa shape index (κ2) is 4.88. The van der Waals surface area contributed by atoms with Crippen LogP contribution in [0.1, 0.15) is 23.6 Å². The van der Waals surface area contributed by atoms with E-state index in [0.29, 0.717) is 6.54 Å². The predicted molar refractivity (Wildman–Crippen MR) is 65.7 cm³/mol. The third kappa shape index (κ3) is 2.22. The molecule has 0 bridgehead atoms. The van der Waals surface area contributed by atoms with Gasteiger partial charge in [0, 0.05) is 13.1 Å². The smallest absolute Gasteiger partial charge is 0.237 e. The Morgan fingerprint density at radius 1 is 1.44 bits per heavy atom. The third-order valence-corrected chi connectivity index (χ3v) is 3.39. The van der Waals surface area contributed by atoms with Crippen LogP contribution in [0.5, 0.6) is 0 Å². The number of rotatable bonds is 2. The second-order valence-electron chi connectivity index (χ2n) is 4.16. The van der Waals surface area contributed by atoms with Crippen molar-refractivity contribution in [2.75, 3.05) is 12.4 Å². The van der Waals surface area contributed by atoms with Crippen LogP contribution in [0, 0.1) is 0 Å². The number of carbonyl (C=O) groups is 1. The lowest BCUT2D eigenvalue weighted by molar-refractivity contribution is -0.129. The molecule has 0 spiro atoms. The van der Waals surface area contributed by atoms with Gasteiger partial charge in [-0.05, 0) is 29.5 Å². The molecule has 1 aromatic carbocycles. The van der Waals surface area contributed by atoms with Gasteiger partial charge in [0.2, 0.25) is 5.91 Å². The van der Waals surface area contributed by atoms with E-state index in [1.165, 1.54) is 16.7 Å². The van der Waals surface area contributed by atoms with Gasteiger partial charge in [-0.3, -0.25) is 4.79 Å². The number of fused-ring (bicyclic) bond motifs is 1. The Balaban J connectivity index is 2.18. The Labute approximate surface area is 101 Å². The first-order valence-electron chi connectivity index (χ1n) is 5.69. The average molecular weight is 238 g/mol. The van der Waals surface area contributed by atoms with Crippen LogP contribution in [0.4, 0.5) is 0 Å². The van der Waals surface area contributed by atoms with E-state index in [4.69, 9.17) is 11.6 Å². The molecule has 3 heteroatoms. The summed E-state index contributed by atoms with van der Waals surface area (Å²) in [4.78, 5) is 13.3. The quantitative estimate of drug-likeness (QED) is 0.724. The highest BCUT2D eigenvalue weighted by Crippen LogP contribution is 2.20. The van der Waals surface area contributed by atoms with Crippen molar-refractivity contribution in [3.8, 4) is 0 Å². The lowest BCUT2D eigenvalue weighted by Gasteiger charge is -2.28. The van der Waals surface area contributed by atoms with Crippen LogP contribution in [0.3, 0.4) is 0 Å². The average Bonchev–Trinajstić information content (AvgIpc) is 2.36. The van der Waals surface area contributed by atoms with Gasteiger partial charge in [-0.25, -0.2) is 0 Å². The molecule has 2 rings (SSSR count). The molecule has 0 aromatic heterocycles. The van der Waals surface area contributed by atoms with Gasteiger partial charge in [-0.1, -0.05) is 25.1 Å². The standard InChI is InChI=1S/C13H16ClNO/c1-2-10-3-4-12-9-15(13(16)8-14)6-5-11(12)7-10/h3-4,7H,2,5-6,8-9H2,1H3. The molecule has 0 aliphatic carbocycles. The van der Waals surface area contributed by atoms with Crippen molar-refractivity contribution in [1.82, 2.24) is 4.90 Å². The number of aryl methyl sites for hydroxylation is 1. The molecule has 0 fully saturated rings. The van der Waals surface area contributed by atoms with Crippen LogP contribution in [-0.4, -0.2) is 23.2 Å². The first-order chi connectivity index (χ1) is 7.74. The molecule has 0 radical (unpaired) electrons. The molecule has 1 heterocycles. The Morgan fingerprint density at radius 3 is 2.94 bits per heavy atom. The number of amides is 1. The molecule has 2 nitrogen and oxygen atoms in total. The van der Waals surface area contributed by atoms with Crippen molar-refractivity contribution in [1.29, 1.82) is 0 Å². The zero-order chi connectivity index (χ0) is 11.5. The van der Waals surface area contributed by atoms with E-state index in [9.17, 15) is 4.79 Å². The summed E-state index contributed by atoms with van der Waals surface area (Å²) in [5.41, 5.74) is 4.02. The van der Waals surface area contributed by atoms with Crippen LogP contribution in [0.15, 0.2) is 18.2 Å². The molecule has 0 saturated heterocycles. The molecule has 1 aromatic rings. The lowest BCUT2D eigenvalue weighted by Crippen LogP contribution is -2.36. The van der Waals surface area contributed by atoms with Gasteiger partial charge in [0.15, 0.2) is 0 Å². The van der Waals surface area contributed by atoms with Crippen molar-refractivity contribution in [2.45, 2.75) is 26.3 Å². The summed E-state index contributed by atoms with van der Waals surface area (Å²) in [5, 5.41) is 0. The maximum atomic E-state index is 11.5. The van der Waals surface area contributed by atoms with Crippen LogP contribution in [-0.2, 0) is 24.2 Å². The van der Waals surface area contributed by atoms with Crippen LogP contribution in [0.2, 0.25) is 0 Å². The molecule has 0 unspecified atom stereocenters. The molecule has 0 atom stereocenters. The van der Waals surface area contributed by atoms with Gasteiger partial charge in [0.05, 0.1) is 0 Å². The fourth-order valence-electron chi connectivity index (χ4n) is 2.12. The second-order valence-corrected chi connectivity index (χ2v) is 4.42. The third-order valence-electron chi connectivity index (χ3n) is 3.16. The highest BCUT2D eigenvalue weighted by molar-refractivity contribution is 6.27. The molecule has 0 saturated carbocycles. The summed E-state index contributed by atoms with van der Waals surface area (Å²) >= 11 is 5.57. The van der Waals surface area contributed by atoms with E-state index >= 15 is 0 Å². The summed E-state index contributed by atoms with van der Waals surface area (Å²) in [5.74, 6) is 0.120. The van der Waals surface area contributed by atoms with Crippen molar-refractivity contribution >= 4 is 17.5 Å². The largest absolute Gasteiger partial charge is 0.337 e. The van der Waals surface area contributed by atoms with Crippen LogP contribution in [0.25, 0.3) is 0 Å². The topological polar surface area (TPSA) is 20.3 Å². The van der Waals surface area contributed by atoms with E-state index < -0.39 is 0 Å². The first-order valence-corrected chi connectivity index (χ1v) is 6.22. The molecule has 16 heavy (non-hydrogen) atoms. The van der Waals surface area contributed by atoms with E-state index in [0.717, 1.165) is 19.4 Å². The normalized spacial score (nSPS) is 14.8. The number of nitrogens with zero attached hydrogens (tertiary/aromatic N) is 1. The zero-order valence-electron chi connectivity index (χ0n) is 9.50. The molecule has 86 valence electrons. The van der Waals surface area contributed by atoms with Gasteiger partial charge in [0.25, 0.3) is 0 Å². The van der Waals surface area contributed by atoms with Gasteiger partial charge in [0.1, 0.15) is 5.88 Å². The fourth-order valence-corrected chi connectivity index (χ4v) is 2.29. The highest BCUT2D eigenvalue weighted by Gasteiger charge is 2.19. The van der Waals surface area contributed by atoms with Crippen LogP contribution < -0.4 is 0 Å².